The van der Waals surface area contributed by atoms with Crippen molar-refractivity contribution in [3.05, 3.63) is 36.0 Å². The molecule has 0 saturated heterocycles. The Morgan fingerprint density at radius 3 is 2.21 bits per heavy atom. The van der Waals surface area contributed by atoms with Gasteiger partial charge in [-0.2, -0.15) is 0 Å². The first kappa shape index (κ1) is 26.9. The number of rotatable bonds is 9. The van der Waals surface area contributed by atoms with Crippen molar-refractivity contribution in [3.8, 4) is 0 Å². The fourth-order valence-corrected chi connectivity index (χ4v) is 1.46. The number of methoxy groups -OCH3 is 1. The topological polar surface area (TPSA) is 107 Å². The molecule has 0 saturated carbocycles. The first-order chi connectivity index (χ1) is 11.5. The number of carbonyl (C=O) groups excluding carboxylic acids is 2. The minimum atomic E-state index is -0.633. The number of nitrogens with two attached hydrogens (primary N) is 2. The van der Waals surface area contributed by atoms with Gasteiger partial charge in [-0.25, -0.2) is 0 Å². The van der Waals surface area contributed by atoms with Gasteiger partial charge in [-0.05, 0) is 25.6 Å². The molecule has 5 N–H and O–H groups in total. The Bertz CT molecular complexity index is 421. The lowest BCUT2D eigenvalue weighted by atomic mass is 10.1. The van der Waals surface area contributed by atoms with Gasteiger partial charge in [-0.3, -0.25) is 14.0 Å². The van der Waals surface area contributed by atoms with Crippen LogP contribution >= 0.6 is 0 Å². The molecule has 24 heavy (non-hydrogen) atoms. The average Bonchev–Trinajstić information content (AvgIpc) is 2.62. The van der Waals surface area contributed by atoms with E-state index in [1.54, 1.807) is 19.1 Å². The van der Waals surface area contributed by atoms with Crippen molar-refractivity contribution in [2.24, 2.45) is 11.5 Å². The Hall–Kier alpha value is -1.99. The van der Waals surface area contributed by atoms with E-state index >= 15 is 0 Å². The van der Waals surface area contributed by atoms with Gasteiger partial charge in [0.05, 0.1) is 19.3 Å². The van der Waals surface area contributed by atoms with Crippen LogP contribution in [0.25, 0.3) is 0 Å². The number of carbonyl (C=O) groups is 2. The molecule has 0 aromatic carbocycles. The normalized spacial score (nSPS) is 11.5. The predicted octanol–water partition coefficient (Wildman–Crippen LogP) is 1.62. The standard InChI is InChI=1S/C14H21FN2O3.C2H6.CH5N/c1-4-11(12(20-3)7-8-15)6-5-10(2)14(19)17-9-13(16)18;2*1-2/h4-6,12H,2,7-9H2,1,3H3,(H2,16,18)(H,17,19);1-2H3;2H2,1H3/b6-5-,11-4+;;. The van der Waals surface area contributed by atoms with Gasteiger partial charge in [0, 0.05) is 19.1 Å². The molecule has 0 bridgehead atoms. The molecular formula is C17H32FN3O3. The number of primary amides is 1. The molecule has 0 fully saturated rings. The zero-order valence-electron chi connectivity index (χ0n) is 15.4. The van der Waals surface area contributed by atoms with E-state index < -0.39 is 18.5 Å². The van der Waals surface area contributed by atoms with Crippen LogP contribution in [0.4, 0.5) is 4.39 Å². The summed E-state index contributed by atoms with van der Waals surface area (Å²) in [6.07, 6.45) is 4.75. The number of nitrogens with one attached hydrogen (secondary N) is 1. The van der Waals surface area contributed by atoms with Crippen molar-refractivity contribution in [1.82, 2.24) is 5.32 Å². The Morgan fingerprint density at radius 1 is 1.29 bits per heavy atom. The van der Waals surface area contributed by atoms with Gasteiger partial charge in [0.2, 0.25) is 5.91 Å². The summed E-state index contributed by atoms with van der Waals surface area (Å²) in [5.41, 5.74) is 10.3. The molecule has 140 valence electrons. The molecule has 0 spiro atoms. The monoisotopic (exact) mass is 345 g/mol. The van der Waals surface area contributed by atoms with Crippen molar-refractivity contribution in [2.45, 2.75) is 33.3 Å². The molecule has 0 rings (SSSR count). The third-order valence-corrected chi connectivity index (χ3v) is 2.55. The van der Waals surface area contributed by atoms with Gasteiger partial charge in [-0.1, -0.05) is 32.6 Å². The maximum atomic E-state index is 12.4. The summed E-state index contributed by atoms with van der Waals surface area (Å²) < 4.78 is 17.5. The van der Waals surface area contributed by atoms with E-state index in [0.29, 0.717) is 0 Å². The van der Waals surface area contributed by atoms with Crippen LogP contribution in [0.1, 0.15) is 27.2 Å². The van der Waals surface area contributed by atoms with Gasteiger partial charge in [0.25, 0.3) is 5.91 Å². The molecule has 0 aliphatic rings. The first-order valence-electron chi connectivity index (χ1n) is 7.72. The van der Waals surface area contributed by atoms with Gasteiger partial charge in [0.1, 0.15) is 0 Å². The maximum absolute atomic E-state index is 12.4. The smallest absolute Gasteiger partial charge is 0.251 e. The quantitative estimate of drug-likeness (QED) is 0.436. The molecule has 0 aliphatic carbocycles. The zero-order valence-corrected chi connectivity index (χ0v) is 15.4. The summed E-state index contributed by atoms with van der Waals surface area (Å²) in [5.74, 6) is -1.12. The van der Waals surface area contributed by atoms with Gasteiger partial charge in [0.15, 0.2) is 0 Å². The second kappa shape index (κ2) is 19.1. The molecule has 6 nitrogen and oxygen atoms in total. The van der Waals surface area contributed by atoms with Gasteiger partial charge < -0.3 is 21.5 Å². The SMILES string of the molecule is C=C(/C=C\C(=C/C)C(CCF)OC)C(=O)NCC(N)=O.CC.CN. The van der Waals surface area contributed by atoms with Crippen LogP contribution in [0.5, 0.6) is 0 Å². The van der Waals surface area contributed by atoms with Crippen molar-refractivity contribution in [3.63, 3.8) is 0 Å². The number of alkyl halides is 1. The van der Waals surface area contributed by atoms with E-state index in [1.165, 1.54) is 20.2 Å². The van der Waals surface area contributed by atoms with Crippen LogP contribution in [0.2, 0.25) is 0 Å². The highest BCUT2D eigenvalue weighted by atomic mass is 19.1. The molecule has 0 aromatic rings. The highest BCUT2D eigenvalue weighted by molar-refractivity contribution is 5.97. The largest absolute Gasteiger partial charge is 0.377 e. The van der Waals surface area contributed by atoms with Crippen molar-refractivity contribution < 1.29 is 18.7 Å². The third-order valence-electron chi connectivity index (χ3n) is 2.55. The Morgan fingerprint density at radius 2 is 1.83 bits per heavy atom. The lowest BCUT2D eigenvalue weighted by Crippen LogP contribution is -2.33. The van der Waals surface area contributed by atoms with Crippen molar-refractivity contribution in [2.75, 3.05) is 27.4 Å². The fraction of sp³-hybridized carbons (Fsp3) is 0.529. The highest BCUT2D eigenvalue weighted by Crippen LogP contribution is 2.13. The van der Waals surface area contributed by atoms with Crippen LogP contribution in [-0.4, -0.2) is 45.3 Å². The van der Waals surface area contributed by atoms with Crippen LogP contribution in [0.15, 0.2) is 36.0 Å². The molecule has 0 radical (unpaired) electrons. The highest BCUT2D eigenvalue weighted by Gasteiger charge is 2.11. The van der Waals surface area contributed by atoms with E-state index in [2.05, 4.69) is 17.6 Å². The van der Waals surface area contributed by atoms with Crippen molar-refractivity contribution in [1.29, 1.82) is 0 Å². The summed E-state index contributed by atoms with van der Waals surface area (Å²) in [5, 5.41) is 2.32. The molecule has 1 unspecified atom stereocenters. The first-order valence-corrected chi connectivity index (χ1v) is 7.72. The van der Waals surface area contributed by atoms with Crippen molar-refractivity contribution >= 4 is 11.8 Å². The minimum Gasteiger partial charge on any atom is -0.377 e. The summed E-state index contributed by atoms with van der Waals surface area (Å²) in [4.78, 5) is 22.1. The van der Waals surface area contributed by atoms with E-state index in [9.17, 15) is 14.0 Å². The molecule has 0 heterocycles. The lowest BCUT2D eigenvalue weighted by molar-refractivity contribution is -0.122. The number of ether oxygens (including phenoxy) is 1. The molecule has 0 aliphatic heterocycles. The maximum Gasteiger partial charge on any atom is 0.251 e. The Balaban J connectivity index is -0.00000102. The predicted molar refractivity (Wildman–Crippen MR) is 97.1 cm³/mol. The average molecular weight is 345 g/mol. The number of hydrogen-bond donors (Lipinski definition) is 3. The van der Waals surface area contributed by atoms with Gasteiger partial charge in [-0.15, -0.1) is 0 Å². The minimum absolute atomic E-state index is 0.167. The zero-order chi connectivity index (χ0) is 19.5. The third kappa shape index (κ3) is 13.7. The molecule has 1 atom stereocenters. The second-order valence-corrected chi connectivity index (χ2v) is 4.00. The summed E-state index contributed by atoms with van der Waals surface area (Å²) in [6, 6.07) is 0. The molecule has 7 heteroatoms. The second-order valence-electron chi connectivity index (χ2n) is 4.00. The number of halogens is 1. The molecule has 0 aromatic heterocycles. The molecule has 2 amide bonds. The fourth-order valence-electron chi connectivity index (χ4n) is 1.46. The van der Waals surface area contributed by atoms with E-state index in [4.69, 9.17) is 10.5 Å². The Kier molecular flexibility index (Phi) is 21.3. The van der Waals surface area contributed by atoms with Crippen LogP contribution in [-0.2, 0) is 14.3 Å². The summed E-state index contributed by atoms with van der Waals surface area (Å²) >= 11 is 0. The van der Waals surface area contributed by atoms with E-state index in [0.717, 1.165) is 5.57 Å². The van der Waals surface area contributed by atoms with Crippen LogP contribution in [0, 0.1) is 0 Å². The number of hydrogen-bond acceptors (Lipinski definition) is 4. The van der Waals surface area contributed by atoms with Crippen LogP contribution < -0.4 is 16.8 Å². The van der Waals surface area contributed by atoms with Gasteiger partial charge >= 0.3 is 0 Å². The van der Waals surface area contributed by atoms with E-state index in [1.807, 2.05) is 13.8 Å². The van der Waals surface area contributed by atoms with E-state index in [-0.39, 0.29) is 24.6 Å². The number of amides is 2. The number of allylic oxidation sites excluding steroid dienone is 1. The summed E-state index contributed by atoms with van der Waals surface area (Å²) in [7, 11) is 2.99. The lowest BCUT2D eigenvalue weighted by Gasteiger charge is -2.14. The summed E-state index contributed by atoms with van der Waals surface area (Å²) in [6.45, 7) is 8.63. The molecular weight excluding hydrogens is 313 g/mol. The Labute approximate surface area is 144 Å². The van der Waals surface area contributed by atoms with Crippen LogP contribution in [0.3, 0.4) is 0 Å².